The van der Waals surface area contributed by atoms with Crippen LogP contribution in [0, 0.1) is 13.8 Å². The average Bonchev–Trinajstić information content (AvgIpc) is 2.91. The second-order valence-electron chi connectivity index (χ2n) is 5.33. The summed E-state index contributed by atoms with van der Waals surface area (Å²) in [5.41, 5.74) is 4.52. The van der Waals surface area contributed by atoms with Crippen molar-refractivity contribution in [3.63, 3.8) is 0 Å². The Morgan fingerprint density at radius 2 is 1.90 bits per heavy atom. The van der Waals surface area contributed by atoms with E-state index in [0.717, 1.165) is 29.8 Å². The first-order valence-electron chi connectivity index (χ1n) is 6.95. The van der Waals surface area contributed by atoms with Gasteiger partial charge in [-0.2, -0.15) is 10.2 Å². The Bertz CT molecular complexity index is 609. The van der Waals surface area contributed by atoms with Crippen LogP contribution >= 0.6 is 0 Å². The van der Waals surface area contributed by atoms with Gasteiger partial charge in [0, 0.05) is 38.8 Å². The number of carbonyl (C=O) groups excluding carboxylic acids is 1. The largest absolute Gasteiger partial charge is 0.300 e. The topological polar surface area (TPSA) is 52.7 Å². The third-order valence-electron chi connectivity index (χ3n) is 3.76. The van der Waals surface area contributed by atoms with E-state index in [2.05, 4.69) is 17.1 Å². The lowest BCUT2D eigenvalue weighted by Gasteiger charge is -2.02. The van der Waals surface area contributed by atoms with Gasteiger partial charge in [0.15, 0.2) is 0 Å². The Balaban J connectivity index is 1.83. The molecule has 0 saturated carbocycles. The molecule has 0 saturated heterocycles. The number of hydrogen-bond donors (Lipinski definition) is 0. The summed E-state index contributed by atoms with van der Waals surface area (Å²) in [6.45, 7) is 4.05. The van der Waals surface area contributed by atoms with E-state index in [1.807, 2.05) is 38.1 Å². The molecule has 0 bridgehead atoms. The zero-order chi connectivity index (χ0) is 14.7. The van der Waals surface area contributed by atoms with Crippen LogP contribution in [0.3, 0.4) is 0 Å². The molecule has 5 nitrogen and oxygen atoms in total. The normalized spacial score (nSPS) is 11.0. The number of carbonyl (C=O) groups is 1. The van der Waals surface area contributed by atoms with Crippen molar-refractivity contribution < 1.29 is 4.79 Å². The number of nitrogens with zero attached hydrogens (tertiary/aromatic N) is 4. The van der Waals surface area contributed by atoms with E-state index in [9.17, 15) is 4.79 Å². The van der Waals surface area contributed by atoms with Crippen LogP contribution < -0.4 is 0 Å². The lowest BCUT2D eigenvalue weighted by Crippen LogP contribution is -2.03. The number of Topliss-reactive ketones (excluding diaryl/α,β-unsaturated/α-hetero) is 1. The van der Waals surface area contributed by atoms with Gasteiger partial charge in [0.1, 0.15) is 5.78 Å². The summed E-state index contributed by atoms with van der Waals surface area (Å²) in [5.74, 6) is 0.302. The van der Waals surface area contributed by atoms with Gasteiger partial charge in [-0.3, -0.25) is 14.2 Å². The molecule has 0 N–H and O–H groups in total. The summed E-state index contributed by atoms with van der Waals surface area (Å²) in [6.07, 6.45) is 6.53. The van der Waals surface area contributed by atoms with E-state index in [1.54, 1.807) is 4.68 Å². The summed E-state index contributed by atoms with van der Waals surface area (Å²) in [5, 5.41) is 8.49. The molecular weight excluding hydrogens is 252 g/mol. The van der Waals surface area contributed by atoms with E-state index in [-0.39, 0.29) is 0 Å². The molecule has 0 spiro atoms. The Hall–Kier alpha value is -1.91. The molecule has 0 aliphatic heterocycles. The Kier molecular flexibility index (Phi) is 4.37. The van der Waals surface area contributed by atoms with Crippen molar-refractivity contribution in [1.82, 2.24) is 19.6 Å². The minimum Gasteiger partial charge on any atom is -0.300 e. The molecule has 0 aliphatic rings. The fourth-order valence-corrected chi connectivity index (χ4v) is 2.45. The highest BCUT2D eigenvalue weighted by atomic mass is 16.1. The standard InChI is InChI=1S/C15H22N4O/c1-11-15(12(2)19(4)17-11)8-7-14(20)6-5-13-9-16-18(3)10-13/h9-10H,5-8H2,1-4H3. The molecule has 0 atom stereocenters. The highest BCUT2D eigenvalue weighted by molar-refractivity contribution is 5.78. The minimum atomic E-state index is 0.302. The van der Waals surface area contributed by atoms with Crippen LogP contribution in [0.2, 0.25) is 0 Å². The second kappa shape index (κ2) is 6.03. The molecule has 0 aromatic carbocycles. The van der Waals surface area contributed by atoms with Crippen LogP contribution in [0.4, 0.5) is 0 Å². The van der Waals surface area contributed by atoms with Gasteiger partial charge in [-0.1, -0.05) is 0 Å². The molecule has 0 amide bonds. The molecule has 20 heavy (non-hydrogen) atoms. The molecule has 2 aromatic rings. The number of aryl methyl sites for hydroxylation is 4. The molecule has 0 fully saturated rings. The average molecular weight is 274 g/mol. The number of rotatable bonds is 6. The molecular formula is C15H22N4O. The second-order valence-corrected chi connectivity index (χ2v) is 5.33. The fourth-order valence-electron chi connectivity index (χ4n) is 2.45. The molecule has 108 valence electrons. The van der Waals surface area contributed by atoms with Gasteiger partial charge in [0.25, 0.3) is 0 Å². The maximum Gasteiger partial charge on any atom is 0.133 e. The van der Waals surface area contributed by atoms with Gasteiger partial charge >= 0.3 is 0 Å². The molecule has 0 aliphatic carbocycles. The van der Waals surface area contributed by atoms with Crippen molar-refractivity contribution in [1.29, 1.82) is 0 Å². The lowest BCUT2D eigenvalue weighted by molar-refractivity contribution is -0.119. The van der Waals surface area contributed by atoms with E-state index in [0.29, 0.717) is 18.6 Å². The maximum absolute atomic E-state index is 12.0. The van der Waals surface area contributed by atoms with Crippen LogP contribution in [-0.4, -0.2) is 25.3 Å². The van der Waals surface area contributed by atoms with Crippen molar-refractivity contribution in [3.8, 4) is 0 Å². The monoisotopic (exact) mass is 274 g/mol. The predicted molar refractivity (Wildman–Crippen MR) is 77.5 cm³/mol. The zero-order valence-electron chi connectivity index (χ0n) is 12.7. The van der Waals surface area contributed by atoms with Crippen molar-refractivity contribution in [3.05, 3.63) is 34.9 Å². The third-order valence-corrected chi connectivity index (χ3v) is 3.76. The van der Waals surface area contributed by atoms with E-state index in [4.69, 9.17) is 0 Å². The maximum atomic E-state index is 12.0. The van der Waals surface area contributed by atoms with Gasteiger partial charge < -0.3 is 0 Å². The third kappa shape index (κ3) is 3.35. The molecule has 2 heterocycles. The quantitative estimate of drug-likeness (QED) is 0.808. The molecule has 5 heteroatoms. The molecule has 2 rings (SSSR count). The predicted octanol–water partition coefficient (Wildman–Crippen LogP) is 1.90. The van der Waals surface area contributed by atoms with Crippen LogP contribution in [0.5, 0.6) is 0 Å². The highest BCUT2D eigenvalue weighted by Gasteiger charge is 2.11. The Morgan fingerprint density at radius 1 is 1.20 bits per heavy atom. The van der Waals surface area contributed by atoms with Crippen molar-refractivity contribution in [2.75, 3.05) is 0 Å². The summed E-state index contributed by atoms with van der Waals surface area (Å²) in [6, 6.07) is 0. The van der Waals surface area contributed by atoms with E-state index in [1.165, 1.54) is 5.56 Å². The minimum absolute atomic E-state index is 0.302. The van der Waals surface area contributed by atoms with Gasteiger partial charge in [-0.15, -0.1) is 0 Å². The van der Waals surface area contributed by atoms with Crippen LogP contribution in [0.15, 0.2) is 12.4 Å². The van der Waals surface area contributed by atoms with E-state index >= 15 is 0 Å². The van der Waals surface area contributed by atoms with Crippen molar-refractivity contribution in [2.24, 2.45) is 14.1 Å². The zero-order valence-corrected chi connectivity index (χ0v) is 12.7. The first-order chi connectivity index (χ1) is 9.47. The summed E-state index contributed by atoms with van der Waals surface area (Å²) < 4.78 is 3.65. The summed E-state index contributed by atoms with van der Waals surface area (Å²) >= 11 is 0. The Morgan fingerprint density at radius 3 is 2.45 bits per heavy atom. The number of ketones is 1. The molecule has 0 unspecified atom stereocenters. The van der Waals surface area contributed by atoms with Crippen LogP contribution in [0.25, 0.3) is 0 Å². The van der Waals surface area contributed by atoms with Crippen LogP contribution in [-0.2, 0) is 31.7 Å². The Labute approximate surface area is 119 Å². The number of aromatic nitrogens is 4. The summed E-state index contributed by atoms with van der Waals surface area (Å²) in [7, 11) is 3.83. The van der Waals surface area contributed by atoms with Crippen molar-refractivity contribution in [2.45, 2.75) is 39.5 Å². The first kappa shape index (κ1) is 14.5. The fraction of sp³-hybridized carbons (Fsp3) is 0.533. The highest BCUT2D eigenvalue weighted by Crippen LogP contribution is 2.15. The van der Waals surface area contributed by atoms with Gasteiger partial charge in [-0.25, -0.2) is 0 Å². The van der Waals surface area contributed by atoms with Crippen molar-refractivity contribution >= 4 is 5.78 Å². The van der Waals surface area contributed by atoms with Gasteiger partial charge in [0.2, 0.25) is 0 Å². The number of hydrogen-bond acceptors (Lipinski definition) is 3. The van der Waals surface area contributed by atoms with Gasteiger partial charge in [0.05, 0.1) is 11.9 Å². The lowest BCUT2D eigenvalue weighted by atomic mass is 10.0. The van der Waals surface area contributed by atoms with E-state index < -0.39 is 0 Å². The smallest absolute Gasteiger partial charge is 0.133 e. The first-order valence-corrected chi connectivity index (χ1v) is 6.95. The summed E-state index contributed by atoms with van der Waals surface area (Å²) in [4.78, 5) is 12.0. The molecule has 0 radical (unpaired) electrons. The van der Waals surface area contributed by atoms with Crippen LogP contribution in [0.1, 0.15) is 35.4 Å². The molecule has 2 aromatic heterocycles. The SMILES string of the molecule is Cc1nn(C)c(C)c1CCC(=O)CCc1cnn(C)c1. The van der Waals surface area contributed by atoms with Gasteiger partial charge in [-0.05, 0) is 37.8 Å².